The average molecular weight is 289 g/mol. The van der Waals surface area contributed by atoms with E-state index in [0.717, 1.165) is 25.9 Å². The molecule has 0 aromatic rings. The fourth-order valence-electron chi connectivity index (χ4n) is 3.51. The van der Waals surface area contributed by atoms with Gasteiger partial charge < -0.3 is 10.6 Å². The minimum atomic E-state index is 0. The molecule has 0 radical (unpaired) electrons. The SMILES string of the molecule is CC(C)C1CCCCC1NC(=O)[C@@H]1CCCNC1.Cl. The van der Waals surface area contributed by atoms with Crippen molar-refractivity contribution in [2.24, 2.45) is 17.8 Å². The highest BCUT2D eigenvalue weighted by Crippen LogP contribution is 2.30. The lowest BCUT2D eigenvalue weighted by atomic mass is 9.77. The van der Waals surface area contributed by atoms with Crippen molar-refractivity contribution in [3.8, 4) is 0 Å². The highest BCUT2D eigenvalue weighted by molar-refractivity contribution is 5.85. The Labute approximate surface area is 123 Å². The van der Waals surface area contributed by atoms with Crippen molar-refractivity contribution >= 4 is 18.3 Å². The number of nitrogens with one attached hydrogen (secondary N) is 2. The van der Waals surface area contributed by atoms with E-state index >= 15 is 0 Å². The molecule has 1 heterocycles. The summed E-state index contributed by atoms with van der Waals surface area (Å²) in [6.45, 7) is 6.52. The van der Waals surface area contributed by atoms with Crippen LogP contribution in [-0.4, -0.2) is 25.0 Å². The minimum Gasteiger partial charge on any atom is -0.353 e. The van der Waals surface area contributed by atoms with Gasteiger partial charge in [0.1, 0.15) is 0 Å². The molecule has 2 unspecified atom stereocenters. The number of amides is 1. The summed E-state index contributed by atoms with van der Waals surface area (Å²) in [6, 6.07) is 0.424. The molecular weight excluding hydrogens is 260 g/mol. The maximum Gasteiger partial charge on any atom is 0.224 e. The van der Waals surface area contributed by atoms with Crippen molar-refractivity contribution in [3.05, 3.63) is 0 Å². The van der Waals surface area contributed by atoms with E-state index in [1.54, 1.807) is 0 Å². The molecule has 0 bridgehead atoms. The third-order valence-corrected chi connectivity index (χ3v) is 4.67. The third-order valence-electron chi connectivity index (χ3n) is 4.67. The Hall–Kier alpha value is -0.280. The maximum absolute atomic E-state index is 12.3. The molecule has 2 N–H and O–H groups in total. The van der Waals surface area contributed by atoms with Gasteiger partial charge in [-0.1, -0.05) is 26.7 Å². The molecule has 19 heavy (non-hydrogen) atoms. The molecule has 1 saturated carbocycles. The number of carbonyl (C=O) groups excluding carboxylic acids is 1. The van der Waals surface area contributed by atoms with Crippen LogP contribution in [0.1, 0.15) is 52.4 Å². The Morgan fingerprint density at radius 2 is 1.89 bits per heavy atom. The van der Waals surface area contributed by atoms with E-state index in [-0.39, 0.29) is 18.3 Å². The van der Waals surface area contributed by atoms with Crippen molar-refractivity contribution in [3.63, 3.8) is 0 Å². The van der Waals surface area contributed by atoms with Gasteiger partial charge in [-0.15, -0.1) is 12.4 Å². The van der Waals surface area contributed by atoms with E-state index in [4.69, 9.17) is 0 Å². The Balaban J connectivity index is 0.00000180. The second kappa shape index (κ2) is 8.11. The zero-order valence-electron chi connectivity index (χ0n) is 12.3. The van der Waals surface area contributed by atoms with Gasteiger partial charge in [0.05, 0.1) is 5.92 Å². The number of hydrogen-bond acceptors (Lipinski definition) is 2. The summed E-state index contributed by atoms with van der Waals surface area (Å²) in [6.07, 6.45) is 7.26. The van der Waals surface area contributed by atoms with Crippen molar-refractivity contribution in [2.45, 2.75) is 58.4 Å². The van der Waals surface area contributed by atoms with Crippen LogP contribution in [0.4, 0.5) is 0 Å². The zero-order valence-corrected chi connectivity index (χ0v) is 13.1. The lowest BCUT2D eigenvalue weighted by molar-refractivity contribution is -0.127. The molecule has 2 rings (SSSR count). The summed E-state index contributed by atoms with van der Waals surface area (Å²) in [4.78, 5) is 12.3. The molecule has 4 heteroatoms. The molecule has 1 aliphatic heterocycles. The topological polar surface area (TPSA) is 41.1 Å². The number of piperidine rings is 1. The van der Waals surface area contributed by atoms with E-state index in [0.29, 0.717) is 23.8 Å². The van der Waals surface area contributed by atoms with Gasteiger partial charge in [-0.05, 0) is 44.1 Å². The molecule has 2 aliphatic rings. The van der Waals surface area contributed by atoms with Crippen LogP contribution in [-0.2, 0) is 4.79 Å². The predicted octanol–water partition coefficient (Wildman–Crippen LogP) is 2.74. The molecule has 112 valence electrons. The molecule has 2 fully saturated rings. The average Bonchev–Trinajstić information content (AvgIpc) is 2.40. The number of halogens is 1. The van der Waals surface area contributed by atoms with Crippen LogP contribution in [0.25, 0.3) is 0 Å². The van der Waals surface area contributed by atoms with E-state index in [1.165, 1.54) is 25.7 Å². The van der Waals surface area contributed by atoms with Crippen LogP contribution in [0.15, 0.2) is 0 Å². The van der Waals surface area contributed by atoms with E-state index in [9.17, 15) is 4.79 Å². The standard InChI is InChI=1S/C15H28N2O.ClH/c1-11(2)13-7-3-4-8-14(13)17-15(18)12-6-5-9-16-10-12;/h11-14,16H,3-10H2,1-2H3,(H,17,18);1H/t12-,13?,14?;/m1./s1. The largest absolute Gasteiger partial charge is 0.353 e. The maximum atomic E-state index is 12.3. The first kappa shape index (κ1) is 16.8. The van der Waals surface area contributed by atoms with Crippen molar-refractivity contribution in [1.82, 2.24) is 10.6 Å². The molecule has 1 saturated heterocycles. The Morgan fingerprint density at radius 3 is 2.53 bits per heavy atom. The van der Waals surface area contributed by atoms with E-state index in [2.05, 4.69) is 24.5 Å². The highest BCUT2D eigenvalue weighted by Gasteiger charge is 2.30. The molecule has 0 aromatic heterocycles. The number of rotatable bonds is 3. The van der Waals surface area contributed by atoms with Crippen molar-refractivity contribution in [1.29, 1.82) is 0 Å². The summed E-state index contributed by atoms with van der Waals surface area (Å²) in [5, 5.41) is 6.67. The zero-order chi connectivity index (χ0) is 13.0. The first-order valence-electron chi connectivity index (χ1n) is 7.69. The monoisotopic (exact) mass is 288 g/mol. The summed E-state index contributed by atoms with van der Waals surface area (Å²) in [5.74, 6) is 1.85. The van der Waals surface area contributed by atoms with Gasteiger partial charge >= 0.3 is 0 Å². The molecule has 3 atom stereocenters. The van der Waals surface area contributed by atoms with Crippen LogP contribution in [0.2, 0.25) is 0 Å². The van der Waals surface area contributed by atoms with Gasteiger partial charge in [-0.25, -0.2) is 0 Å². The normalized spacial score (nSPS) is 31.6. The van der Waals surface area contributed by atoms with Crippen LogP contribution >= 0.6 is 12.4 Å². The van der Waals surface area contributed by atoms with Gasteiger partial charge in [-0.2, -0.15) is 0 Å². The summed E-state index contributed by atoms with van der Waals surface area (Å²) < 4.78 is 0. The van der Waals surface area contributed by atoms with Gasteiger partial charge in [0.2, 0.25) is 5.91 Å². The number of carbonyl (C=O) groups is 1. The first-order valence-corrected chi connectivity index (χ1v) is 7.69. The second-order valence-corrected chi connectivity index (χ2v) is 6.35. The quantitative estimate of drug-likeness (QED) is 0.838. The van der Waals surface area contributed by atoms with Gasteiger partial charge in [0, 0.05) is 12.6 Å². The Bertz CT molecular complexity index is 277. The van der Waals surface area contributed by atoms with Crippen LogP contribution < -0.4 is 10.6 Å². The summed E-state index contributed by atoms with van der Waals surface area (Å²) >= 11 is 0. The predicted molar refractivity (Wildman–Crippen MR) is 81.6 cm³/mol. The van der Waals surface area contributed by atoms with Gasteiger partial charge in [-0.3, -0.25) is 4.79 Å². The van der Waals surface area contributed by atoms with Gasteiger partial charge in [0.15, 0.2) is 0 Å². The van der Waals surface area contributed by atoms with E-state index < -0.39 is 0 Å². The minimum absolute atomic E-state index is 0. The molecule has 1 aliphatic carbocycles. The lowest BCUT2D eigenvalue weighted by Crippen LogP contribution is -2.48. The molecule has 3 nitrogen and oxygen atoms in total. The van der Waals surface area contributed by atoms with Crippen molar-refractivity contribution in [2.75, 3.05) is 13.1 Å². The fraction of sp³-hybridized carbons (Fsp3) is 0.933. The van der Waals surface area contributed by atoms with Gasteiger partial charge in [0.25, 0.3) is 0 Å². The molecule has 0 spiro atoms. The van der Waals surface area contributed by atoms with E-state index in [1.807, 2.05) is 0 Å². The van der Waals surface area contributed by atoms with Crippen LogP contribution in [0, 0.1) is 17.8 Å². The molecule has 0 aromatic carbocycles. The Kier molecular flexibility index (Phi) is 7.16. The summed E-state index contributed by atoms with van der Waals surface area (Å²) in [5.41, 5.74) is 0. The lowest BCUT2D eigenvalue weighted by Gasteiger charge is -2.36. The summed E-state index contributed by atoms with van der Waals surface area (Å²) in [7, 11) is 0. The first-order chi connectivity index (χ1) is 8.68. The smallest absolute Gasteiger partial charge is 0.224 e. The molecule has 1 amide bonds. The van der Waals surface area contributed by atoms with Crippen LogP contribution in [0.5, 0.6) is 0 Å². The number of hydrogen-bond donors (Lipinski definition) is 2. The van der Waals surface area contributed by atoms with Crippen LogP contribution in [0.3, 0.4) is 0 Å². The van der Waals surface area contributed by atoms with Crippen molar-refractivity contribution < 1.29 is 4.79 Å². The second-order valence-electron chi connectivity index (χ2n) is 6.35. The fourth-order valence-corrected chi connectivity index (χ4v) is 3.51. The molecular formula is C15H29ClN2O. The highest BCUT2D eigenvalue weighted by atomic mass is 35.5. The Morgan fingerprint density at radius 1 is 1.16 bits per heavy atom. The third kappa shape index (κ3) is 4.64.